The molecule has 0 saturated carbocycles. The van der Waals surface area contributed by atoms with Gasteiger partial charge in [-0.05, 0) is 20.8 Å². The van der Waals surface area contributed by atoms with E-state index in [1.54, 1.807) is 20.8 Å². The molecule has 0 N–H and O–H groups in total. The molecule has 0 heterocycles. The molecule has 0 aromatic heterocycles. The number of rotatable bonds is 3. The average Bonchev–Trinajstić information content (AvgIpc) is 1.76. The molecule has 0 radical (unpaired) electrons. The maximum Gasteiger partial charge on any atom is 0.411 e. The van der Waals surface area contributed by atoms with E-state index in [1.165, 1.54) is 0 Å². The smallest absolute Gasteiger partial charge is 0.350 e. The van der Waals surface area contributed by atoms with Crippen LogP contribution < -0.4 is 0 Å². The fraction of sp³-hybridized carbons (Fsp3) is 1.00. The molecule has 5 heteroatoms. The zero-order valence-electron chi connectivity index (χ0n) is 7.36. The molecule has 0 aliphatic rings. The van der Waals surface area contributed by atoms with Gasteiger partial charge in [-0.1, -0.05) is 0 Å². The van der Waals surface area contributed by atoms with Gasteiger partial charge in [0.15, 0.2) is 0 Å². The highest BCUT2D eigenvalue weighted by molar-refractivity contribution is 4.56. The van der Waals surface area contributed by atoms with E-state index >= 15 is 0 Å². The standard InChI is InChI=1S/C7H13F3O2/c1-6(2,3)12-5-11-4-7(8,9)10/h4-5H2,1-3H3. The fourth-order valence-electron chi connectivity index (χ4n) is 0.376. The summed E-state index contributed by atoms with van der Waals surface area (Å²) in [5.41, 5.74) is -0.467. The Bertz CT molecular complexity index is 110. The molecule has 0 aromatic rings. The minimum absolute atomic E-state index is 0.330. The highest BCUT2D eigenvalue weighted by atomic mass is 19.4. The second-order valence-corrected chi connectivity index (χ2v) is 3.34. The lowest BCUT2D eigenvalue weighted by Crippen LogP contribution is -2.24. The Morgan fingerprint density at radius 3 is 1.92 bits per heavy atom. The Morgan fingerprint density at radius 1 is 1.08 bits per heavy atom. The van der Waals surface area contributed by atoms with E-state index in [0.717, 1.165) is 0 Å². The predicted molar refractivity (Wildman–Crippen MR) is 37.7 cm³/mol. The van der Waals surface area contributed by atoms with Crippen LogP contribution in [0.5, 0.6) is 0 Å². The van der Waals surface area contributed by atoms with Gasteiger partial charge in [-0.15, -0.1) is 0 Å². The third kappa shape index (κ3) is 9.71. The van der Waals surface area contributed by atoms with Gasteiger partial charge in [0.1, 0.15) is 13.4 Å². The van der Waals surface area contributed by atoms with Crippen molar-refractivity contribution in [1.82, 2.24) is 0 Å². The zero-order chi connectivity index (χ0) is 9.83. The van der Waals surface area contributed by atoms with E-state index in [1.807, 2.05) is 0 Å². The summed E-state index contributed by atoms with van der Waals surface area (Å²) < 4.78 is 43.6. The summed E-state index contributed by atoms with van der Waals surface area (Å²) in [6.45, 7) is 3.63. The Hall–Kier alpha value is -0.290. The van der Waals surface area contributed by atoms with E-state index < -0.39 is 18.4 Å². The largest absolute Gasteiger partial charge is 0.411 e. The van der Waals surface area contributed by atoms with Crippen LogP contribution >= 0.6 is 0 Å². The monoisotopic (exact) mass is 186 g/mol. The Morgan fingerprint density at radius 2 is 1.58 bits per heavy atom. The molecule has 0 atom stereocenters. The first kappa shape index (κ1) is 11.7. The van der Waals surface area contributed by atoms with E-state index in [-0.39, 0.29) is 6.79 Å². The summed E-state index contributed by atoms with van der Waals surface area (Å²) in [6.07, 6.45) is -4.28. The van der Waals surface area contributed by atoms with Gasteiger partial charge in [-0.25, -0.2) is 0 Å². The van der Waals surface area contributed by atoms with Crippen LogP contribution in [0, 0.1) is 0 Å². The molecule has 12 heavy (non-hydrogen) atoms. The highest BCUT2D eigenvalue weighted by Crippen LogP contribution is 2.15. The van der Waals surface area contributed by atoms with Crippen LogP contribution in [-0.4, -0.2) is 25.2 Å². The Balaban J connectivity index is 3.35. The quantitative estimate of drug-likeness (QED) is 0.497. The molecule has 0 saturated heterocycles. The lowest BCUT2D eigenvalue weighted by atomic mass is 10.2. The third-order valence-electron chi connectivity index (χ3n) is 0.841. The van der Waals surface area contributed by atoms with E-state index in [9.17, 15) is 13.2 Å². The Labute approximate surface area is 69.7 Å². The van der Waals surface area contributed by atoms with Gasteiger partial charge in [0.25, 0.3) is 0 Å². The van der Waals surface area contributed by atoms with E-state index in [0.29, 0.717) is 0 Å². The molecule has 0 aliphatic heterocycles. The van der Waals surface area contributed by atoms with Gasteiger partial charge < -0.3 is 9.47 Å². The highest BCUT2D eigenvalue weighted by Gasteiger charge is 2.27. The number of hydrogen-bond acceptors (Lipinski definition) is 2. The number of ether oxygens (including phenoxy) is 2. The molecule has 0 spiro atoms. The molecular weight excluding hydrogens is 173 g/mol. The van der Waals surface area contributed by atoms with Crippen molar-refractivity contribution in [2.75, 3.05) is 13.4 Å². The van der Waals surface area contributed by atoms with Gasteiger partial charge in [0.05, 0.1) is 5.60 Å². The predicted octanol–water partition coefficient (Wildman–Crippen LogP) is 2.34. The van der Waals surface area contributed by atoms with Crippen molar-refractivity contribution in [3.05, 3.63) is 0 Å². The number of halogens is 3. The first-order chi connectivity index (χ1) is 5.21. The second kappa shape index (κ2) is 4.09. The van der Waals surface area contributed by atoms with Crippen LogP contribution in [0.2, 0.25) is 0 Å². The van der Waals surface area contributed by atoms with Crippen LogP contribution in [0.1, 0.15) is 20.8 Å². The van der Waals surface area contributed by atoms with E-state index in [2.05, 4.69) is 4.74 Å². The van der Waals surface area contributed by atoms with Crippen LogP contribution in [0.4, 0.5) is 13.2 Å². The molecule has 0 amide bonds. The summed E-state index contributed by atoms with van der Waals surface area (Å²) in [7, 11) is 0. The normalized spacial score (nSPS) is 13.5. The maximum atomic E-state index is 11.5. The van der Waals surface area contributed by atoms with Crippen molar-refractivity contribution in [2.45, 2.75) is 32.5 Å². The van der Waals surface area contributed by atoms with Crippen molar-refractivity contribution in [2.24, 2.45) is 0 Å². The minimum atomic E-state index is -4.28. The third-order valence-corrected chi connectivity index (χ3v) is 0.841. The van der Waals surface area contributed by atoms with E-state index in [4.69, 9.17) is 4.74 Å². The van der Waals surface area contributed by atoms with Gasteiger partial charge in [-0.3, -0.25) is 0 Å². The molecule has 0 unspecified atom stereocenters. The first-order valence-electron chi connectivity index (χ1n) is 3.49. The minimum Gasteiger partial charge on any atom is -0.350 e. The SMILES string of the molecule is CC(C)(C)OCOCC(F)(F)F. The zero-order valence-corrected chi connectivity index (χ0v) is 7.36. The topological polar surface area (TPSA) is 18.5 Å². The lowest BCUT2D eigenvalue weighted by molar-refractivity contribution is -0.210. The molecule has 0 aliphatic carbocycles. The van der Waals surface area contributed by atoms with Gasteiger partial charge in [0.2, 0.25) is 0 Å². The van der Waals surface area contributed by atoms with Gasteiger partial charge in [-0.2, -0.15) is 13.2 Å². The average molecular weight is 186 g/mol. The number of hydrogen-bond donors (Lipinski definition) is 0. The molecule has 0 aromatic carbocycles. The van der Waals surface area contributed by atoms with Gasteiger partial charge >= 0.3 is 6.18 Å². The second-order valence-electron chi connectivity index (χ2n) is 3.34. The molecule has 0 fully saturated rings. The van der Waals surface area contributed by atoms with Crippen molar-refractivity contribution >= 4 is 0 Å². The maximum absolute atomic E-state index is 11.5. The number of alkyl halides is 3. The molecule has 0 bridgehead atoms. The van der Waals surface area contributed by atoms with Crippen molar-refractivity contribution in [3.63, 3.8) is 0 Å². The van der Waals surface area contributed by atoms with Crippen molar-refractivity contribution in [1.29, 1.82) is 0 Å². The van der Waals surface area contributed by atoms with Crippen LogP contribution in [0.3, 0.4) is 0 Å². The molecule has 74 valence electrons. The van der Waals surface area contributed by atoms with Crippen molar-refractivity contribution < 1.29 is 22.6 Å². The summed E-state index contributed by atoms with van der Waals surface area (Å²) in [5, 5.41) is 0. The van der Waals surface area contributed by atoms with Crippen LogP contribution in [-0.2, 0) is 9.47 Å². The lowest BCUT2D eigenvalue weighted by Gasteiger charge is -2.19. The summed E-state index contributed by atoms with van der Waals surface area (Å²) in [6, 6.07) is 0. The molecule has 2 nitrogen and oxygen atoms in total. The van der Waals surface area contributed by atoms with Crippen molar-refractivity contribution in [3.8, 4) is 0 Å². The summed E-state index contributed by atoms with van der Waals surface area (Å²) in [4.78, 5) is 0. The molecule has 0 rings (SSSR count). The van der Waals surface area contributed by atoms with Crippen LogP contribution in [0.25, 0.3) is 0 Å². The van der Waals surface area contributed by atoms with Gasteiger partial charge in [0, 0.05) is 0 Å². The summed E-state index contributed by atoms with van der Waals surface area (Å²) in [5.74, 6) is 0. The fourth-order valence-corrected chi connectivity index (χ4v) is 0.376. The Kier molecular flexibility index (Phi) is 3.99. The summed E-state index contributed by atoms with van der Waals surface area (Å²) >= 11 is 0. The molecular formula is C7H13F3O2. The first-order valence-corrected chi connectivity index (χ1v) is 3.49. The van der Waals surface area contributed by atoms with Crippen LogP contribution in [0.15, 0.2) is 0 Å².